The van der Waals surface area contributed by atoms with Gasteiger partial charge < -0.3 is 9.84 Å². The van der Waals surface area contributed by atoms with Gasteiger partial charge in [0.1, 0.15) is 0 Å². The second kappa shape index (κ2) is 34.2. The predicted molar refractivity (Wildman–Crippen MR) is 181 cm³/mol. The smallest absolute Gasteiger partial charge is 0.306 e. The van der Waals surface area contributed by atoms with Crippen LogP contribution in [0.5, 0.6) is 0 Å². The summed E-state index contributed by atoms with van der Waals surface area (Å²) >= 11 is 0. The highest BCUT2D eigenvalue weighted by molar-refractivity contribution is 5.69. The van der Waals surface area contributed by atoms with Crippen LogP contribution in [0.4, 0.5) is 0 Å². The molecule has 1 unspecified atom stereocenters. The molecule has 0 spiro atoms. The summed E-state index contributed by atoms with van der Waals surface area (Å²) in [6.45, 7) is 4.32. The van der Waals surface area contributed by atoms with Gasteiger partial charge in [-0.1, -0.05) is 154 Å². The van der Waals surface area contributed by atoms with Gasteiger partial charge in [0.05, 0.1) is 6.10 Å². The molecule has 0 saturated heterocycles. The minimum atomic E-state index is -0.674. The zero-order chi connectivity index (χ0) is 30.8. The van der Waals surface area contributed by atoms with Crippen molar-refractivity contribution in [2.24, 2.45) is 0 Å². The first-order chi connectivity index (χ1) is 20.6. The average molecular weight is 593 g/mol. The fourth-order valence-electron chi connectivity index (χ4n) is 5.69. The van der Waals surface area contributed by atoms with E-state index in [0.717, 1.165) is 38.5 Å². The van der Waals surface area contributed by atoms with Crippen molar-refractivity contribution in [1.29, 1.82) is 0 Å². The summed E-state index contributed by atoms with van der Waals surface area (Å²) in [5.41, 5.74) is 0. The Hall–Kier alpha value is -1.32. The van der Waals surface area contributed by atoms with E-state index in [4.69, 9.17) is 9.84 Å². The van der Waals surface area contributed by atoms with Gasteiger partial charge >= 0.3 is 11.9 Å². The van der Waals surface area contributed by atoms with Crippen LogP contribution in [0, 0.1) is 0 Å². The van der Waals surface area contributed by atoms with Crippen molar-refractivity contribution < 1.29 is 19.4 Å². The number of hydrogen-bond donors (Lipinski definition) is 1. The Balaban J connectivity index is 3.31. The van der Waals surface area contributed by atoms with Crippen LogP contribution in [0.15, 0.2) is 12.2 Å². The molecular formula is C38H72O4. The number of carboxylic acid groups (broad SMARTS) is 1. The molecule has 4 heteroatoms. The molecule has 0 rings (SSSR count). The highest BCUT2D eigenvalue weighted by Crippen LogP contribution is 2.15. The van der Waals surface area contributed by atoms with Crippen LogP contribution in [0.2, 0.25) is 0 Å². The Morgan fingerprint density at radius 3 is 1.31 bits per heavy atom. The van der Waals surface area contributed by atoms with Gasteiger partial charge in [-0.3, -0.25) is 9.59 Å². The van der Waals surface area contributed by atoms with Crippen LogP contribution in [-0.2, 0) is 14.3 Å². The second-order valence-corrected chi connectivity index (χ2v) is 12.9. The van der Waals surface area contributed by atoms with E-state index >= 15 is 0 Å². The summed E-state index contributed by atoms with van der Waals surface area (Å²) in [5.74, 6) is -0.682. The first-order valence-electron chi connectivity index (χ1n) is 18.6. The molecule has 1 atom stereocenters. The van der Waals surface area contributed by atoms with Gasteiger partial charge in [0.15, 0.2) is 0 Å². The van der Waals surface area contributed by atoms with Gasteiger partial charge in [0, 0.05) is 12.8 Å². The van der Waals surface area contributed by atoms with Gasteiger partial charge in [-0.05, 0) is 58.3 Å². The lowest BCUT2D eigenvalue weighted by atomic mass is 10.0. The number of rotatable bonds is 34. The Labute approximate surface area is 262 Å². The van der Waals surface area contributed by atoms with Crippen molar-refractivity contribution in [3.05, 3.63) is 12.2 Å². The topological polar surface area (TPSA) is 63.6 Å². The lowest BCUT2D eigenvalue weighted by Crippen LogP contribution is -2.14. The molecule has 0 aromatic rings. The van der Waals surface area contributed by atoms with Crippen molar-refractivity contribution in [1.82, 2.24) is 0 Å². The number of esters is 1. The lowest BCUT2D eigenvalue weighted by Gasteiger charge is -2.13. The molecule has 0 aromatic carbocycles. The number of carbonyl (C=O) groups is 2. The standard InChI is InChI=1S/C38H72O4/c1-3-4-5-6-7-8-9-10-11-12-13-14-15-16-20-23-26-29-32-35-38(41)42-36(2)33-30-27-24-21-18-17-19-22-25-28-31-34-37(39)40/h10-11,36H,3-9,12-35H2,1-2H3,(H,39,40)/b11-10-. The molecule has 42 heavy (non-hydrogen) atoms. The van der Waals surface area contributed by atoms with Crippen LogP contribution >= 0.6 is 0 Å². The number of carbonyl (C=O) groups excluding carboxylic acids is 1. The molecular weight excluding hydrogens is 520 g/mol. The summed E-state index contributed by atoms with van der Waals surface area (Å²) in [5, 5.41) is 8.64. The van der Waals surface area contributed by atoms with E-state index in [1.54, 1.807) is 0 Å². The molecule has 0 bridgehead atoms. The van der Waals surface area contributed by atoms with Crippen molar-refractivity contribution in [2.45, 2.75) is 219 Å². The highest BCUT2D eigenvalue weighted by atomic mass is 16.5. The van der Waals surface area contributed by atoms with Gasteiger partial charge in [-0.15, -0.1) is 0 Å². The Morgan fingerprint density at radius 1 is 0.524 bits per heavy atom. The number of carboxylic acids is 1. The Kier molecular flexibility index (Phi) is 33.1. The normalized spacial score (nSPS) is 12.2. The minimum absolute atomic E-state index is 0.00789. The maximum Gasteiger partial charge on any atom is 0.306 e. The summed E-state index contributed by atoms with van der Waals surface area (Å²) in [7, 11) is 0. The Morgan fingerprint density at radius 2 is 0.881 bits per heavy atom. The largest absolute Gasteiger partial charge is 0.481 e. The number of unbranched alkanes of at least 4 members (excludes halogenated alkanes) is 25. The van der Waals surface area contributed by atoms with Crippen LogP contribution in [0.3, 0.4) is 0 Å². The predicted octanol–water partition coefficient (Wildman–Crippen LogP) is 12.7. The molecule has 4 nitrogen and oxygen atoms in total. The van der Waals surface area contributed by atoms with Crippen molar-refractivity contribution in [2.75, 3.05) is 0 Å². The van der Waals surface area contributed by atoms with E-state index in [1.807, 2.05) is 6.92 Å². The number of ether oxygens (including phenoxy) is 1. The number of allylic oxidation sites excluding steroid dienone is 2. The monoisotopic (exact) mass is 593 g/mol. The van der Waals surface area contributed by atoms with Gasteiger partial charge in [-0.25, -0.2) is 0 Å². The molecule has 0 amide bonds. The quantitative estimate of drug-likeness (QED) is 0.0458. The van der Waals surface area contributed by atoms with E-state index in [2.05, 4.69) is 19.1 Å². The fraction of sp³-hybridized carbons (Fsp3) is 0.895. The third-order valence-corrected chi connectivity index (χ3v) is 8.48. The van der Waals surface area contributed by atoms with E-state index in [9.17, 15) is 9.59 Å². The van der Waals surface area contributed by atoms with E-state index in [1.165, 1.54) is 148 Å². The molecule has 0 fully saturated rings. The van der Waals surface area contributed by atoms with Crippen LogP contribution in [-0.4, -0.2) is 23.1 Å². The summed E-state index contributed by atoms with van der Waals surface area (Å²) < 4.78 is 5.62. The van der Waals surface area contributed by atoms with Crippen molar-refractivity contribution in [3.63, 3.8) is 0 Å². The van der Waals surface area contributed by atoms with Crippen molar-refractivity contribution in [3.8, 4) is 0 Å². The SMILES string of the molecule is CCCCCCCC/C=C\CCCCCCCCCCCC(=O)OC(C)CCCCCCCCCCCCCC(=O)O. The van der Waals surface area contributed by atoms with Gasteiger partial charge in [-0.2, -0.15) is 0 Å². The molecule has 0 aliphatic heterocycles. The maximum atomic E-state index is 12.1. The molecule has 0 aliphatic carbocycles. The summed E-state index contributed by atoms with van der Waals surface area (Å²) in [4.78, 5) is 22.6. The molecule has 0 heterocycles. The van der Waals surface area contributed by atoms with Crippen LogP contribution in [0.1, 0.15) is 213 Å². The zero-order valence-corrected chi connectivity index (χ0v) is 28.3. The van der Waals surface area contributed by atoms with Crippen LogP contribution < -0.4 is 0 Å². The minimum Gasteiger partial charge on any atom is -0.481 e. The highest BCUT2D eigenvalue weighted by Gasteiger charge is 2.09. The fourth-order valence-corrected chi connectivity index (χ4v) is 5.69. The zero-order valence-electron chi connectivity index (χ0n) is 28.3. The number of aliphatic carboxylic acids is 1. The molecule has 0 radical (unpaired) electrons. The molecule has 248 valence electrons. The third kappa shape index (κ3) is 34.9. The van der Waals surface area contributed by atoms with E-state index in [0.29, 0.717) is 12.8 Å². The van der Waals surface area contributed by atoms with E-state index < -0.39 is 5.97 Å². The lowest BCUT2D eigenvalue weighted by molar-refractivity contribution is -0.148. The van der Waals surface area contributed by atoms with Crippen LogP contribution in [0.25, 0.3) is 0 Å². The van der Waals surface area contributed by atoms with Gasteiger partial charge in [0.2, 0.25) is 0 Å². The first kappa shape index (κ1) is 40.7. The number of hydrogen-bond acceptors (Lipinski definition) is 3. The molecule has 0 aliphatic rings. The maximum absolute atomic E-state index is 12.1. The Bertz CT molecular complexity index is 600. The summed E-state index contributed by atoms with van der Waals surface area (Å²) in [6.07, 6.45) is 42.1. The van der Waals surface area contributed by atoms with Gasteiger partial charge in [0.25, 0.3) is 0 Å². The van der Waals surface area contributed by atoms with Crippen molar-refractivity contribution >= 4 is 11.9 Å². The third-order valence-electron chi connectivity index (χ3n) is 8.48. The molecule has 0 aromatic heterocycles. The second-order valence-electron chi connectivity index (χ2n) is 12.9. The first-order valence-corrected chi connectivity index (χ1v) is 18.6. The molecule has 1 N–H and O–H groups in total. The average Bonchev–Trinajstić information content (AvgIpc) is 2.96. The molecule has 0 saturated carbocycles. The summed E-state index contributed by atoms with van der Waals surface area (Å²) in [6, 6.07) is 0. The van der Waals surface area contributed by atoms with E-state index in [-0.39, 0.29) is 12.1 Å².